The van der Waals surface area contributed by atoms with E-state index in [1.54, 1.807) is 24.3 Å². The monoisotopic (exact) mass is 539 g/mol. The number of halogens is 3. The Kier molecular flexibility index (Phi) is 10.1. The number of rotatable bonds is 12. The van der Waals surface area contributed by atoms with Crippen molar-refractivity contribution in [2.45, 2.75) is 31.5 Å². The van der Waals surface area contributed by atoms with E-state index >= 15 is 0 Å². The van der Waals surface area contributed by atoms with Crippen molar-refractivity contribution in [3.05, 3.63) is 57.6 Å². The fourth-order valence-electron chi connectivity index (χ4n) is 2.92. The first-order valence-electron chi connectivity index (χ1n) is 10.1. The van der Waals surface area contributed by atoms with Crippen LogP contribution in [0.15, 0.2) is 36.4 Å². The summed E-state index contributed by atoms with van der Waals surface area (Å²) in [7, 11) is -3.38. The van der Waals surface area contributed by atoms with Gasteiger partial charge in [-0.05, 0) is 35.4 Å². The summed E-state index contributed by atoms with van der Waals surface area (Å²) >= 11 is 18.4. The molecule has 184 valence electrons. The van der Waals surface area contributed by atoms with E-state index in [0.717, 1.165) is 17.4 Å². The van der Waals surface area contributed by atoms with Crippen molar-refractivity contribution in [2.24, 2.45) is 0 Å². The molecule has 0 aromatic heterocycles. The zero-order valence-electron chi connectivity index (χ0n) is 18.5. The predicted molar refractivity (Wildman–Crippen MR) is 132 cm³/mol. The first-order valence-corrected chi connectivity index (χ1v) is 13.2. The Morgan fingerprint density at radius 3 is 2.03 bits per heavy atom. The molecule has 0 bridgehead atoms. The number of aliphatic hydroxyl groups is 2. The van der Waals surface area contributed by atoms with Gasteiger partial charge in [-0.2, -0.15) is 0 Å². The van der Waals surface area contributed by atoms with Gasteiger partial charge in [0.1, 0.15) is 31.2 Å². The topological polar surface area (TPSA) is 105 Å². The molecule has 0 spiro atoms. The standard InChI is InChI=1S/C22H28Cl3NO6S/c1-22(2,15-8-19(24)21(20(25)9-15)32-12-16(27)10-23)14-4-6-18(7-5-14)31-13-17(28)11-26-33(3,29)30/h4-9,16-17,26-28H,10-13H2,1-3H3/t16-,17-/m0/s1. The molecule has 3 N–H and O–H groups in total. The Hall–Kier alpha value is -1.26. The number of benzene rings is 2. The Morgan fingerprint density at radius 2 is 1.52 bits per heavy atom. The highest BCUT2D eigenvalue weighted by Gasteiger charge is 2.26. The number of aliphatic hydroxyl groups excluding tert-OH is 2. The first kappa shape index (κ1) is 28.0. The van der Waals surface area contributed by atoms with Gasteiger partial charge in [0.25, 0.3) is 0 Å². The summed E-state index contributed by atoms with van der Waals surface area (Å²) in [5.74, 6) is 0.858. The van der Waals surface area contributed by atoms with E-state index in [1.807, 2.05) is 26.0 Å². The maximum absolute atomic E-state index is 11.1. The molecule has 0 aliphatic carbocycles. The molecule has 0 aliphatic rings. The van der Waals surface area contributed by atoms with Crippen LogP contribution in [-0.2, 0) is 15.4 Å². The van der Waals surface area contributed by atoms with Crippen LogP contribution in [0.1, 0.15) is 25.0 Å². The molecule has 2 rings (SSSR count). The summed E-state index contributed by atoms with van der Waals surface area (Å²) in [4.78, 5) is 0. The molecule has 2 aromatic rings. The van der Waals surface area contributed by atoms with Crippen LogP contribution in [0.3, 0.4) is 0 Å². The van der Waals surface area contributed by atoms with E-state index in [-0.39, 0.29) is 31.4 Å². The molecule has 0 aliphatic heterocycles. The summed E-state index contributed by atoms with van der Waals surface area (Å²) < 4.78 is 35.5. The predicted octanol–water partition coefficient (Wildman–Crippen LogP) is 3.59. The van der Waals surface area contributed by atoms with E-state index in [4.69, 9.17) is 44.3 Å². The second-order valence-electron chi connectivity index (χ2n) is 8.12. The quantitative estimate of drug-likeness (QED) is 0.356. The lowest BCUT2D eigenvalue weighted by Gasteiger charge is -2.27. The Labute approximate surface area is 209 Å². The van der Waals surface area contributed by atoms with Crippen LogP contribution in [0.4, 0.5) is 0 Å². The lowest BCUT2D eigenvalue weighted by atomic mass is 9.78. The van der Waals surface area contributed by atoms with Gasteiger partial charge >= 0.3 is 0 Å². The number of hydrogen-bond acceptors (Lipinski definition) is 6. The fourth-order valence-corrected chi connectivity index (χ4v) is 4.10. The van der Waals surface area contributed by atoms with Crippen LogP contribution < -0.4 is 14.2 Å². The average molecular weight is 541 g/mol. The molecule has 0 fully saturated rings. The molecule has 33 heavy (non-hydrogen) atoms. The van der Waals surface area contributed by atoms with Gasteiger partial charge in [-0.3, -0.25) is 0 Å². The van der Waals surface area contributed by atoms with Gasteiger partial charge in [-0.1, -0.05) is 49.2 Å². The van der Waals surface area contributed by atoms with E-state index in [1.165, 1.54) is 0 Å². The minimum atomic E-state index is -3.38. The van der Waals surface area contributed by atoms with Crippen LogP contribution in [0.2, 0.25) is 10.0 Å². The minimum Gasteiger partial charge on any atom is -0.491 e. The molecule has 7 nitrogen and oxygen atoms in total. The zero-order chi connectivity index (χ0) is 24.8. The van der Waals surface area contributed by atoms with E-state index < -0.39 is 27.6 Å². The molecular weight excluding hydrogens is 513 g/mol. The Balaban J connectivity index is 2.09. The van der Waals surface area contributed by atoms with Crippen LogP contribution in [0, 0.1) is 0 Å². The van der Waals surface area contributed by atoms with Gasteiger partial charge in [0.2, 0.25) is 10.0 Å². The van der Waals surface area contributed by atoms with Crippen LogP contribution >= 0.6 is 34.8 Å². The van der Waals surface area contributed by atoms with Crippen molar-refractivity contribution in [1.82, 2.24) is 4.72 Å². The number of nitrogens with one attached hydrogen (secondary N) is 1. The van der Waals surface area contributed by atoms with Crippen LogP contribution in [-0.4, -0.2) is 62.7 Å². The summed E-state index contributed by atoms with van der Waals surface area (Å²) in [6, 6.07) is 10.8. The lowest BCUT2D eigenvalue weighted by Crippen LogP contribution is -2.34. The first-order chi connectivity index (χ1) is 15.3. The number of alkyl halides is 1. The third-order valence-corrected chi connectivity index (χ3v) is 6.53. The molecule has 0 radical (unpaired) electrons. The number of ether oxygens (including phenoxy) is 2. The van der Waals surface area contributed by atoms with Gasteiger partial charge in [-0.25, -0.2) is 13.1 Å². The van der Waals surface area contributed by atoms with Gasteiger partial charge in [0.15, 0.2) is 5.75 Å². The van der Waals surface area contributed by atoms with Crippen molar-refractivity contribution in [3.8, 4) is 11.5 Å². The van der Waals surface area contributed by atoms with Gasteiger partial charge in [0, 0.05) is 12.0 Å². The van der Waals surface area contributed by atoms with Crippen molar-refractivity contribution < 1.29 is 28.1 Å². The molecule has 0 saturated heterocycles. The second kappa shape index (κ2) is 11.9. The Bertz CT molecular complexity index is 1010. The number of sulfonamides is 1. The maximum Gasteiger partial charge on any atom is 0.208 e. The summed E-state index contributed by atoms with van der Waals surface area (Å²) in [5, 5.41) is 20.1. The van der Waals surface area contributed by atoms with Crippen LogP contribution in [0.5, 0.6) is 11.5 Å². The molecule has 11 heteroatoms. The zero-order valence-corrected chi connectivity index (χ0v) is 21.6. The average Bonchev–Trinajstić information content (AvgIpc) is 2.75. The van der Waals surface area contributed by atoms with Crippen molar-refractivity contribution in [3.63, 3.8) is 0 Å². The highest BCUT2D eigenvalue weighted by Crippen LogP contribution is 2.40. The molecule has 2 aromatic carbocycles. The molecular formula is C22H28Cl3NO6S. The smallest absolute Gasteiger partial charge is 0.208 e. The van der Waals surface area contributed by atoms with Crippen LogP contribution in [0.25, 0.3) is 0 Å². The molecule has 0 heterocycles. The van der Waals surface area contributed by atoms with E-state index in [9.17, 15) is 18.6 Å². The Morgan fingerprint density at radius 1 is 0.970 bits per heavy atom. The van der Waals surface area contributed by atoms with Crippen molar-refractivity contribution in [1.29, 1.82) is 0 Å². The SMILES string of the molecule is CC(C)(c1ccc(OC[C@@H](O)CNS(C)(=O)=O)cc1)c1cc(Cl)c(OC[C@@H](O)CCl)c(Cl)c1. The third kappa shape index (κ3) is 8.47. The van der Waals surface area contributed by atoms with E-state index in [2.05, 4.69) is 4.72 Å². The molecule has 0 amide bonds. The molecule has 0 unspecified atom stereocenters. The van der Waals surface area contributed by atoms with Gasteiger partial charge in [0.05, 0.1) is 22.2 Å². The normalized spacial score (nSPS) is 14.1. The highest BCUT2D eigenvalue weighted by molar-refractivity contribution is 7.88. The van der Waals surface area contributed by atoms with E-state index in [0.29, 0.717) is 15.8 Å². The van der Waals surface area contributed by atoms with Gasteiger partial charge < -0.3 is 19.7 Å². The summed E-state index contributed by atoms with van der Waals surface area (Å²) in [6.07, 6.45) is -0.785. The largest absolute Gasteiger partial charge is 0.491 e. The summed E-state index contributed by atoms with van der Waals surface area (Å²) in [5.41, 5.74) is 1.37. The lowest BCUT2D eigenvalue weighted by molar-refractivity contribution is 0.111. The maximum atomic E-state index is 11.1. The fraction of sp³-hybridized carbons (Fsp3) is 0.455. The van der Waals surface area contributed by atoms with Crippen molar-refractivity contribution >= 4 is 44.8 Å². The molecule has 2 atom stereocenters. The van der Waals surface area contributed by atoms with Crippen molar-refractivity contribution in [2.75, 3.05) is 31.9 Å². The minimum absolute atomic E-state index is 0.0217. The second-order valence-corrected chi connectivity index (χ2v) is 11.1. The van der Waals surface area contributed by atoms with Gasteiger partial charge in [-0.15, -0.1) is 11.6 Å². The number of hydrogen-bond donors (Lipinski definition) is 3. The summed E-state index contributed by atoms with van der Waals surface area (Å²) in [6.45, 7) is 3.82. The third-order valence-electron chi connectivity index (χ3n) is 4.92. The molecule has 0 saturated carbocycles. The highest BCUT2D eigenvalue weighted by atomic mass is 35.5.